The molecular formula is C12H15NO5. The van der Waals surface area contributed by atoms with Gasteiger partial charge in [-0.3, -0.25) is 14.9 Å². The highest BCUT2D eigenvalue weighted by Crippen LogP contribution is 2.23. The van der Waals surface area contributed by atoms with Gasteiger partial charge < -0.3 is 9.84 Å². The number of hydrogen-bond donors (Lipinski definition) is 1. The van der Waals surface area contributed by atoms with Crippen molar-refractivity contribution in [2.75, 3.05) is 6.61 Å². The van der Waals surface area contributed by atoms with Crippen LogP contribution in [0.2, 0.25) is 0 Å². The van der Waals surface area contributed by atoms with E-state index in [2.05, 4.69) is 0 Å². The van der Waals surface area contributed by atoms with Crippen molar-refractivity contribution in [1.82, 2.24) is 0 Å². The number of nitrogens with zero attached hydrogens (tertiary/aromatic N) is 1. The molecule has 1 unspecified atom stereocenters. The lowest BCUT2D eigenvalue weighted by molar-refractivity contribution is -0.384. The molecule has 0 saturated heterocycles. The van der Waals surface area contributed by atoms with Crippen LogP contribution >= 0.6 is 0 Å². The Morgan fingerprint density at radius 3 is 2.67 bits per heavy atom. The van der Waals surface area contributed by atoms with E-state index in [4.69, 9.17) is 4.74 Å². The number of nitro groups is 1. The fourth-order valence-electron chi connectivity index (χ4n) is 1.24. The number of aliphatic hydroxyl groups excluding tert-OH is 1. The van der Waals surface area contributed by atoms with Crippen LogP contribution in [0, 0.1) is 16.0 Å². The molecule has 98 valence electrons. The summed E-state index contributed by atoms with van der Waals surface area (Å²) in [5.41, 5.74) is -0.0750. The van der Waals surface area contributed by atoms with E-state index in [0.29, 0.717) is 6.29 Å². The number of hydrogen-bond acceptors (Lipinski definition) is 5. The quantitative estimate of drug-likeness (QED) is 0.474. The molecule has 0 fully saturated rings. The summed E-state index contributed by atoms with van der Waals surface area (Å²) < 4.78 is 5.28. The number of carbonyl (C=O) groups excluding carboxylic acids is 1. The van der Waals surface area contributed by atoms with Crippen molar-refractivity contribution in [3.63, 3.8) is 0 Å². The van der Waals surface area contributed by atoms with Crippen molar-refractivity contribution in [3.05, 3.63) is 33.9 Å². The van der Waals surface area contributed by atoms with Gasteiger partial charge >= 0.3 is 0 Å². The lowest BCUT2D eigenvalue weighted by Gasteiger charge is -2.16. The Labute approximate surface area is 104 Å². The molecule has 1 aromatic carbocycles. The molecule has 1 N–H and O–H groups in total. The number of rotatable bonds is 6. The number of non-ortho nitro benzene ring substituents is 1. The Morgan fingerprint density at radius 2 is 2.17 bits per heavy atom. The summed E-state index contributed by atoms with van der Waals surface area (Å²) in [6.07, 6.45) is -0.163. The van der Waals surface area contributed by atoms with E-state index in [1.807, 2.05) is 13.8 Å². The molecule has 0 aliphatic heterocycles. The summed E-state index contributed by atoms with van der Waals surface area (Å²) in [5, 5.41) is 20.1. The number of aliphatic hydroxyl groups is 1. The largest absolute Gasteiger partial charge is 0.490 e. The van der Waals surface area contributed by atoms with Crippen LogP contribution in [0.1, 0.15) is 24.2 Å². The van der Waals surface area contributed by atoms with Gasteiger partial charge in [-0.15, -0.1) is 0 Å². The van der Waals surface area contributed by atoms with Crippen molar-refractivity contribution in [2.45, 2.75) is 20.0 Å². The first-order valence-electron chi connectivity index (χ1n) is 5.50. The van der Waals surface area contributed by atoms with Gasteiger partial charge in [-0.2, -0.15) is 0 Å². The number of carbonyl (C=O) groups is 1. The van der Waals surface area contributed by atoms with E-state index in [0.717, 1.165) is 6.07 Å². The predicted molar refractivity (Wildman–Crippen MR) is 64.8 cm³/mol. The Balaban J connectivity index is 2.83. The minimum atomic E-state index is -0.653. The van der Waals surface area contributed by atoms with E-state index < -0.39 is 11.0 Å². The van der Waals surface area contributed by atoms with Crippen molar-refractivity contribution in [1.29, 1.82) is 0 Å². The minimum Gasteiger partial charge on any atom is -0.490 e. The molecule has 0 saturated carbocycles. The zero-order valence-corrected chi connectivity index (χ0v) is 10.2. The Hall–Kier alpha value is -1.95. The number of ether oxygens (including phenoxy) is 1. The van der Waals surface area contributed by atoms with E-state index in [1.54, 1.807) is 0 Å². The second-order valence-electron chi connectivity index (χ2n) is 4.22. The zero-order chi connectivity index (χ0) is 13.7. The molecule has 6 nitrogen and oxygen atoms in total. The second kappa shape index (κ2) is 6.11. The van der Waals surface area contributed by atoms with Gasteiger partial charge in [0.25, 0.3) is 5.69 Å². The number of benzene rings is 1. The molecule has 1 atom stereocenters. The summed E-state index contributed by atoms with van der Waals surface area (Å²) in [5.74, 6) is 0.262. The molecule has 1 rings (SSSR count). The Kier molecular flexibility index (Phi) is 4.79. The SMILES string of the molecule is CC(C)C(O)COc1ccc([N+](=O)[O-])cc1C=O. The third-order valence-corrected chi connectivity index (χ3v) is 2.51. The maximum atomic E-state index is 10.8. The highest BCUT2D eigenvalue weighted by atomic mass is 16.6. The van der Waals surface area contributed by atoms with Gasteiger partial charge in [0.2, 0.25) is 0 Å². The second-order valence-corrected chi connectivity index (χ2v) is 4.22. The van der Waals surface area contributed by atoms with Crippen LogP contribution in [0.4, 0.5) is 5.69 Å². The van der Waals surface area contributed by atoms with Crippen LogP contribution < -0.4 is 4.74 Å². The van der Waals surface area contributed by atoms with E-state index in [1.165, 1.54) is 12.1 Å². The summed E-state index contributed by atoms with van der Waals surface area (Å²) in [6, 6.07) is 3.75. The van der Waals surface area contributed by atoms with E-state index in [9.17, 15) is 20.0 Å². The standard InChI is InChI=1S/C12H15NO5/c1-8(2)11(15)7-18-12-4-3-10(13(16)17)5-9(12)6-14/h3-6,8,11,15H,7H2,1-2H3. The summed E-state index contributed by atoms with van der Waals surface area (Å²) in [6.45, 7) is 3.71. The molecule has 0 amide bonds. The van der Waals surface area contributed by atoms with Gasteiger partial charge in [0.15, 0.2) is 6.29 Å². The number of nitro benzene ring substituents is 1. The van der Waals surface area contributed by atoms with Crippen LogP contribution in [0.15, 0.2) is 18.2 Å². The van der Waals surface area contributed by atoms with Gasteiger partial charge in [-0.05, 0) is 12.0 Å². The average molecular weight is 253 g/mol. The first-order chi connectivity index (χ1) is 8.45. The van der Waals surface area contributed by atoms with Crippen LogP contribution in [0.5, 0.6) is 5.75 Å². The van der Waals surface area contributed by atoms with Crippen molar-refractivity contribution < 1.29 is 19.6 Å². The van der Waals surface area contributed by atoms with E-state index in [-0.39, 0.29) is 29.5 Å². The molecule has 1 aromatic rings. The Bertz CT molecular complexity index is 444. The van der Waals surface area contributed by atoms with Crippen LogP contribution in [0.25, 0.3) is 0 Å². The monoisotopic (exact) mass is 253 g/mol. The molecule has 0 aliphatic rings. The normalized spacial score (nSPS) is 12.2. The molecule has 0 spiro atoms. The topological polar surface area (TPSA) is 89.7 Å². The molecule has 6 heteroatoms. The molecule has 0 aromatic heterocycles. The van der Waals surface area contributed by atoms with Crippen molar-refractivity contribution in [2.24, 2.45) is 5.92 Å². The predicted octanol–water partition coefficient (Wildman–Crippen LogP) is 1.80. The minimum absolute atomic E-state index is 0.0303. The van der Waals surface area contributed by atoms with Crippen LogP contribution in [-0.2, 0) is 0 Å². The van der Waals surface area contributed by atoms with Gasteiger partial charge in [0.1, 0.15) is 12.4 Å². The average Bonchev–Trinajstić information content (AvgIpc) is 2.35. The molecule has 18 heavy (non-hydrogen) atoms. The van der Waals surface area contributed by atoms with Crippen LogP contribution in [0.3, 0.4) is 0 Å². The van der Waals surface area contributed by atoms with Gasteiger partial charge in [0, 0.05) is 12.1 Å². The lowest BCUT2D eigenvalue weighted by Crippen LogP contribution is -2.23. The highest BCUT2D eigenvalue weighted by Gasteiger charge is 2.14. The third kappa shape index (κ3) is 3.53. The van der Waals surface area contributed by atoms with E-state index >= 15 is 0 Å². The summed E-state index contributed by atoms with van der Waals surface area (Å²) in [7, 11) is 0. The fourth-order valence-corrected chi connectivity index (χ4v) is 1.24. The number of aldehydes is 1. The van der Waals surface area contributed by atoms with Gasteiger partial charge in [-0.25, -0.2) is 0 Å². The third-order valence-electron chi connectivity index (χ3n) is 2.51. The zero-order valence-electron chi connectivity index (χ0n) is 10.2. The first-order valence-corrected chi connectivity index (χ1v) is 5.50. The summed E-state index contributed by atoms with van der Waals surface area (Å²) >= 11 is 0. The molecule has 0 bridgehead atoms. The summed E-state index contributed by atoms with van der Waals surface area (Å²) in [4.78, 5) is 20.8. The smallest absolute Gasteiger partial charge is 0.270 e. The fraction of sp³-hybridized carbons (Fsp3) is 0.417. The molecule has 0 radical (unpaired) electrons. The molecule has 0 heterocycles. The molecular weight excluding hydrogens is 238 g/mol. The maximum Gasteiger partial charge on any atom is 0.270 e. The van der Waals surface area contributed by atoms with Crippen LogP contribution in [-0.4, -0.2) is 29.0 Å². The lowest BCUT2D eigenvalue weighted by atomic mass is 10.1. The highest BCUT2D eigenvalue weighted by molar-refractivity contribution is 5.80. The van der Waals surface area contributed by atoms with Gasteiger partial charge in [-0.1, -0.05) is 13.8 Å². The van der Waals surface area contributed by atoms with Gasteiger partial charge in [0.05, 0.1) is 16.6 Å². The van der Waals surface area contributed by atoms with Crippen molar-refractivity contribution >= 4 is 12.0 Å². The first kappa shape index (κ1) is 14.1. The maximum absolute atomic E-state index is 10.8. The Morgan fingerprint density at radius 1 is 1.50 bits per heavy atom. The van der Waals surface area contributed by atoms with Crippen molar-refractivity contribution in [3.8, 4) is 5.75 Å². The molecule has 0 aliphatic carbocycles.